The van der Waals surface area contributed by atoms with E-state index in [1.165, 1.54) is 0 Å². The smallest absolute Gasteiger partial charge is 0.187 e. The average Bonchev–Trinajstić information content (AvgIpc) is 2.92. The summed E-state index contributed by atoms with van der Waals surface area (Å²) >= 11 is 6.11. The van der Waals surface area contributed by atoms with E-state index in [0.717, 1.165) is 13.0 Å². The van der Waals surface area contributed by atoms with Gasteiger partial charge in [0.15, 0.2) is 5.78 Å². The van der Waals surface area contributed by atoms with Gasteiger partial charge in [0.1, 0.15) is 5.69 Å². The highest BCUT2D eigenvalue weighted by Gasteiger charge is 2.32. The highest BCUT2D eigenvalue weighted by atomic mass is 35.5. The quantitative estimate of drug-likeness (QED) is 0.773. The van der Waals surface area contributed by atoms with Crippen LogP contribution in [0.1, 0.15) is 23.8 Å². The molecule has 5 nitrogen and oxygen atoms in total. The second kappa shape index (κ2) is 6.03. The monoisotopic (exact) mass is 285 g/mol. The summed E-state index contributed by atoms with van der Waals surface area (Å²) in [7, 11) is 3.97. The molecule has 1 saturated heterocycles. The standard InChI is InChI=1S/C13H20ClN3O2/c1-9-6-10(8-19-9)13(18)12-11(14)7-15-17(12)5-4-16(2)3/h7,9-10H,4-6,8H2,1-3H3. The molecule has 0 saturated carbocycles. The maximum atomic E-state index is 12.5. The van der Waals surface area contributed by atoms with Crippen LogP contribution in [0.2, 0.25) is 5.02 Å². The van der Waals surface area contributed by atoms with Gasteiger partial charge in [-0.3, -0.25) is 9.48 Å². The van der Waals surface area contributed by atoms with Gasteiger partial charge in [-0.25, -0.2) is 0 Å². The third-order valence-corrected chi connectivity index (χ3v) is 3.63. The van der Waals surface area contributed by atoms with Gasteiger partial charge in [0.25, 0.3) is 0 Å². The summed E-state index contributed by atoms with van der Waals surface area (Å²) in [5.74, 6) is -0.0482. The minimum absolute atomic E-state index is 0.0469. The fourth-order valence-corrected chi connectivity index (χ4v) is 2.50. The number of likely N-dealkylation sites (N-methyl/N-ethyl adjacent to an activating group) is 1. The van der Waals surface area contributed by atoms with Gasteiger partial charge in [0.05, 0.1) is 30.5 Å². The lowest BCUT2D eigenvalue weighted by molar-refractivity contribution is 0.0867. The molecule has 6 heteroatoms. The molecule has 0 aromatic carbocycles. The number of halogens is 1. The van der Waals surface area contributed by atoms with E-state index < -0.39 is 0 Å². The third kappa shape index (κ3) is 3.35. The van der Waals surface area contributed by atoms with Crippen molar-refractivity contribution >= 4 is 17.4 Å². The Bertz CT molecular complexity index is 459. The molecule has 2 atom stereocenters. The molecular formula is C13H20ClN3O2. The van der Waals surface area contributed by atoms with E-state index in [0.29, 0.717) is 23.9 Å². The van der Waals surface area contributed by atoms with Crippen LogP contribution in [0.25, 0.3) is 0 Å². The molecular weight excluding hydrogens is 266 g/mol. The highest BCUT2D eigenvalue weighted by Crippen LogP contribution is 2.26. The lowest BCUT2D eigenvalue weighted by Gasteiger charge is -2.13. The molecule has 2 rings (SSSR count). The van der Waals surface area contributed by atoms with E-state index in [9.17, 15) is 4.79 Å². The van der Waals surface area contributed by atoms with Gasteiger partial charge in [0.2, 0.25) is 0 Å². The average molecular weight is 286 g/mol. The zero-order valence-electron chi connectivity index (χ0n) is 11.6. The van der Waals surface area contributed by atoms with Crippen LogP contribution < -0.4 is 0 Å². The number of rotatable bonds is 5. The molecule has 2 heterocycles. The van der Waals surface area contributed by atoms with Gasteiger partial charge >= 0.3 is 0 Å². The Hall–Kier alpha value is -0.910. The zero-order chi connectivity index (χ0) is 14.0. The lowest BCUT2D eigenvalue weighted by atomic mass is 9.99. The molecule has 1 fully saturated rings. The predicted molar refractivity (Wildman–Crippen MR) is 73.6 cm³/mol. The first-order valence-corrected chi connectivity index (χ1v) is 6.88. The van der Waals surface area contributed by atoms with Crippen LogP contribution in [0.15, 0.2) is 6.20 Å². The normalized spacial score (nSPS) is 23.2. The van der Waals surface area contributed by atoms with Crippen LogP contribution in [0, 0.1) is 5.92 Å². The highest BCUT2D eigenvalue weighted by molar-refractivity contribution is 6.33. The maximum absolute atomic E-state index is 12.5. The molecule has 19 heavy (non-hydrogen) atoms. The van der Waals surface area contributed by atoms with Crippen molar-refractivity contribution in [2.75, 3.05) is 27.2 Å². The second-order valence-electron chi connectivity index (χ2n) is 5.31. The molecule has 0 spiro atoms. The molecule has 1 aromatic rings. The van der Waals surface area contributed by atoms with Gasteiger partial charge < -0.3 is 9.64 Å². The van der Waals surface area contributed by atoms with Crippen LogP contribution in [-0.4, -0.2) is 53.8 Å². The SMILES string of the molecule is CC1CC(C(=O)c2c(Cl)cnn2CCN(C)C)CO1. The van der Waals surface area contributed by atoms with Crippen LogP contribution in [0.3, 0.4) is 0 Å². The molecule has 0 radical (unpaired) electrons. The lowest BCUT2D eigenvalue weighted by Crippen LogP contribution is -2.24. The molecule has 0 N–H and O–H groups in total. The van der Waals surface area contributed by atoms with E-state index in [4.69, 9.17) is 16.3 Å². The number of ketones is 1. The third-order valence-electron chi connectivity index (χ3n) is 3.36. The summed E-state index contributed by atoms with van der Waals surface area (Å²) < 4.78 is 7.16. The Labute approximate surface area is 118 Å². The number of aromatic nitrogens is 2. The van der Waals surface area contributed by atoms with Crippen LogP contribution in [0.4, 0.5) is 0 Å². The van der Waals surface area contributed by atoms with E-state index in [-0.39, 0.29) is 17.8 Å². The summed E-state index contributed by atoms with van der Waals surface area (Å²) in [6.07, 6.45) is 2.45. The minimum atomic E-state index is -0.0951. The van der Waals surface area contributed by atoms with Crippen molar-refractivity contribution in [1.82, 2.24) is 14.7 Å². The van der Waals surface area contributed by atoms with E-state index >= 15 is 0 Å². The van der Waals surface area contributed by atoms with Crippen LogP contribution >= 0.6 is 11.6 Å². The van der Waals surface area contributed by atoms with Crippen molar-refractivity contribution in [2.24, 2.45) is 5.92 Å². The second-order valence-corrected chi connectivity index (χ2v) is 5.72. The molecule has 1 aliphatic heterocycles. The Morgan fingerprint density at radius 2 is 2.37 bits per heavy atom. The first-order valence-electron chi connectivity index (χ1n) is 6.51. The minimum Gasteiger partial charge on any atom is -0.378 e. The first-order chi connectivity index (χ1) is 8.99. The Balaban J connectivity index is 2.14. The number of carbonyl (C=O) groups excluding carboxylic acids is 1. The van der Waals surface area contributed by atoms with Gasteiger partial charge in [-0.15, -0.1) is 0 Å². The number of Topliss-reactive ketones (excluding diaryl/α,β-unsaturated/α-hetero) is 1. The topological polar surface area (TPSA) is 47.4 Å². The molecule has 106 valence electrons. The summed E-state index contributed by atoms with van der Waals surface area (Å²) in [6.45, 7) is 3.94. The van der Waals surface area contributed by atoms with Crippen molar-refractivity contribution in [2.45, 2.75) is 26.0 Å². The van der Waals surface area contributed by atoms with Gasteiger partial charge in [-0.05, 0) is 27.4 Å². The largest absolute Gasteiger partial charge is 0.378 e. The Morgan fingerprint density at radius 3 is 2.95 bits per heavy atom. The summed E-state index contributed by atoms with van der Waals surface area (Å²) in [5, 5.41) is 4.63. The molecule has 0 bridgehead atoms. The van der Waals surface area contributed by atoms with Crippen LogP contribution in [-0.2, 0) is 11.3 Å². The molecule has 1 aromatic heterocycles. The summed E-state index contributed by atoms with van der Waals surface area (Å²) in [4.78, 5) is 14.5. The van der Waals surface area contributed by atoms with E-state index in [1.54, 1.807) is 10.9 Å². The fraction of sp³-hybridized carbons (Fsp3) is 0.692. The van der Waals surface area contributed by atoms with Gasteiger partial charge in [-0.1, -0.05) is 11.6 Å². The van der Waals surface area contributed by atoms with Crippen molar-refractivity contribution in [3.63, 3.8) is 0 Å². The number of hydrogen-bond donors (Lipinski definition) is 0. The Kier molecular flexibility index (Phi) is 4.60. The zero-order valence-corrected chi connectivity index (χ0v) is 12.4. The van der Waals surface area contributed by atoms with Gasteiger partial charge in [-0.2, -0.15) is 5.10 Å². The Morgan fingerprint density at radius 1 is 1.63 bits per heavy atom. The molecule has 1 aliphatic rings. The summed E-state index contributed by atoms with van der Waals surface area (Å²) in [6, 6.07) is 0. The first kappa shape index (κ1) is 14.5. The maximum Gasteiger partial charge on any atom is 0.187 e. The van der Waals surface area contributed by atoms with Crippen LogP contribution in [0.5, 0.6) is 0 Å². The summed E-state index contributed by atoms with van der Waals surface area (Å²) in [5.41, 5.74) is 0.520. The van der Waals surface area contributed by atoms with Crippen molar-refractivity contribution in [1.29, 1.82) is 0 Å². The number of hydrogen-bond acceptors (Lipinski definition) is 4. The number of nitrogens with zero attached hydrogens (tertiary/aromatic N) is 3. The molecule has 2 unspecified atom stereocenters. The van der Waals surface area contributed by atoms with E-state index in [1.807, 2.05) is 25.9 Å². The van der Waals surface area contributed by atoms with Crippen molar-refractivity contribution in [3.8, 4) is 0 Å². The fourth-order valence-electron chi connectivity index (χ4n) is 2.26. The van der Waals surface area contributed by atoms with E-state index in [2.05, 4.69) is 5.10 Å². The predicted octanol–water partition coefficient (Wildman–Crippen LogP) is 1.71. The molecule has 0 amide bonds. The van der Waals surface area contributed by atoms with Gasteiger partial charge in [0, 0.05) is 12.5 Å². The number of carbonyl (C=O) groups is 1. The van der Waals surface area contributed by atoms with Crippen molar-refractivity contribution in [3.05, 3.63) is 16.9 Å². The number of ether oxygens (including phenoxy) is 1. The van der Waals surface area contributed by atoms with Crippen molar-refractivity contribution < 1.29 is 9.53 Å². The molecule has 0 aliphatic carbocycles.